The van der Waals surface area contributed by atoms with Crippen LogP contribution in [0.1, 0.15) is 40.5 Å². The van der Waals surface area contributed by atoms with Crippen molar-refractivity contribution in [3.05, 3.63) is 0 Å². The SMILES string of the molecule is CN=C(NCCN(C(C)C)C1CC1)N1CCSC(C)(C)C1.I. The molecule has 22 heavy (non-hydrogen) atoms. The van der Waals surface area contributed by atoms with Gasteiger partial charge in [0.15, 0.2) is 5.96 Å². The van der Waals surface area contributed by atoms with Crippen LogP contribution in [-0.4, -0.2) is 71.6 Å². The van der Waals surface area contributed by atoms with Crippen molar-refractivity contribution >= 4 is 41.7 Å². The first-order chi connectivity index (χ1) is 9.93. The van der Waals surface area contributed by atoms with Gasteiger partial charge in [-0.25, -0.2) is 0 Å². The van der Waals surface area contributed by atoms with Crippen LogP contribution in [0.2, 0.25) is 0 Å². The van der Waals surface area contributed by atoms with E-state index in [1.165, 1.54) is 18.6 Å². The molecule has 1 saturated heterocycles. The number of aliphatic imine (C=N–C) groups is 1. The molecule has 0 aromatic rings. The average molecular weight is 440 g/mol. The van der Waals surface area contributed by atoms with E-state index in [0.717, 1.165) is 38.2 Å². The van der Waals surface area contributed by atoms with E-state index in [2.05, 4.69) is 59.6 Å². The van der Waals surface area contributed by atoms with Crippen LogP contribution >= 0.6 is 35.7 Å². The Morgan fingerprint density at radius 2 is 2.09 bits per heavy atom. The van der Waals surface area contributed by atoms with Gasteiger partial charge < -0.3 is 10.2 Å². The number of guanidine groups is 1. The maximum Gasteiger partial charge on any atom is 0.193 e. The van der Waals surface area contributed by atoms with Gasteiger partial charge in [0.1, 0.15) is 0 Å². The lowest BCUT2D eigenvalue weighted by Crippen LogP contribution is -2.52. The molecule has 0 radical (unpaired) electrons. The highest BCUT2D eigenvalue weighted by Crippen LogP contribution is 2.29. The van der Waals surface area contributed by atoms with Crippen LogP contribution in [0.15, 0.2) is 4.99 Å². The molecule has 1 aliphatic heterocycles. The molecule has 0 bridgehead atoms. The van der Waals surface area contributed by atoms with E-state index in [9.17, 15) is 0 Å². The lowest BCUT2D eigenvalue weighted by Gasteiger charge is -2.39. The Hall–Kier alpha value is 0.310. The molecule has 1 aliphatic carbocycles. The number of hydrogen-bond donors (Lipinski definition) is 1. The van der Waals surface area contributed by atoms with Crippen molar-refractivity contribution in [3.8, 4) is 0 Å². The summed E-state index contributed by atoms with van der Waals surface area (Å²) in [7, 11) is 1.90. The number of thioether (sulfide) groups is 1. The Labute approximate surface area is 157 Å². The molecule has 0 spiro atoms. The third-order valence-electron chi connectivity index (χ3n) is 4.27. The lowest BCUT2D eigenvalue weighted by atomic mass is 10.2. The standard InChI is InChI=1S/C16H32N4S.HI/c1-13(2)20(14-6-7-14)9-8-18-15(17-5)19-10-11-21-16(3,4)12-19;/h13-14H,6-12H2,1-5H3,(H,17,18);1H. The molecule has 0 aromatic heterocycles. The monoisotopic (exact) mass is 440 g/mol. The summed E-state index contributed by atoms with van der Waals surface area (Å²) in [5.74, 6) is 2.26. The second-order valence-electron chi connectivity index (χ2n) is 7.07. The van der Waals surface area contributed by atoms with Gasteiger partial charge >= 0.3 is 0 Å². The molecule has 2 fully saturated rings. The Bertz CT molecular complexity index is 367. The van der Waals surface area contributed by atoms with Crippen molar-refractivity contribution in [1.82, 2.24) is 15.1 Å². The van der Waals surface area contributed by atoms with Gasteiger partial charge in [0.25, 0.3) is 0 Å². The van der Waals surface area contributed by atoms with E-state index in [0.29, 0.717) is 10.8 Å². The van der Waals surface area contributed by atoms with Gasteiger partial charge in [-0.1, -0.05) is 0 Å². The second-order valence-corrected chi connectivity index (χ2v) is 8.87. The van der Waals surface area contributed by atoms with Gasteiger partial charge in [-0.05, 0) is 40.5 Å². The molecule has 1 saturated carbocycles. The molecule has 4 nitrogen and oxygen atoms in total. The van der Waals surface area contributed by atoms with Crippen molar-refractivity contribution in [1.29, 1.82) is 0 Å². The molecule has 1 heterocycles. The molecule has 0 aromatic carbocycles. The molecule has 6 heteroatoms. The first-order valence-electron chi connectivity index (χ1n) is 8.28. The van der Waals surface area contributed by atoms with Gasteiger partial charge in [-0.2, -0.15) is 11.8 Å². The second kappa shape index (κ2) is 8.97. The van der Waals surface area contributed by atoms with Gasteiger partial charge in [0, 0.05) is 55.8 Å². The zero-order valence-electron chi connectivity index (χ0n) is 14.8. The third-order valence-corrected chi connectivity index (χ3v) is 5.57. The van der Waals surface area contributed by atoms with Gasteiger partial charge in [0.2, 0.25) is 0 Å². The van der Waals surface area contributed by atoms with Crippen LogP contribution < -0.4 is 5.32 Å². The van der Waals surface area contributed by atoms with Crippen LogP contribution in [0, 0.1) is 0 Å². The van der Waals surface area contributed by atoms with E-state index < -0.39 is 0 Å². The first kappa shape index (κ1) is 20.4. The highest BCUT2D eigenvalue weighted by Gasteiger charge is 2.31. The molecule has 0 unspecified atom stereocenters. The van der Waals surface area contributed by atoms with Crippen molar-refractivity contribution < 1.29 is 0 Å². The summed E-state index contributed by atoms with van der Waals surface area (Å²) in [5, 5.41) is 3.57. The van der Waals surface area contributed by atoms with Crippen molar-refractivity contribution in [3.63, 3.8) is 0 Å². The molecule has 2 aliphatic rings. The van der Waals surface area contributed by atoms with Gasteiger partial charge in [0.05, 0.1) is 0 Å². The summed E-state index contributed by atoms with van der Waals surface area (Å²) in [6.07, 6.45) is 2.76. The Kier molecular flexibility index (Phi) is 8.30. The third kappa shape index (κ3) is 6.07. The van der Waals surface area contributed by atoms with Crippen LogP contribution in [0.4, 0.5) is 0 Å². The largest absolute Gasteiger partial charge is 0.355 e. The summed E-state index contributed by atoms with van der Waals surface area (Å²) in [5.41, 5.74) is 0. The van der Waals surface area contributed by atoms with Gasteiger partial charge in [-0.3, -0.25) is 9.89 Å². The Morgan fingerprint density at radius 3 is 2.59 bits per heavy atom. The van der Waals surface area contributed by atoms with Crippen LogP contribution in [0.25, 0.3) is 0 Å². The fourth-order valence-corrected chi connectivity index (χ4v) is 4.21. The molecule has 130 valence electrons. The summed E-state index contributed by atoms with van der Waals surface area (Å²) in [6, 6.07) is 1.48. The maximum atomic E-state index is 4.48. The fourth-order valence-electron chi connectivity index (χ4n) is 3.09. The predicted molar refractivity (Wildman–Crippen MR) is 110 cm³/mol. The Morgan fingerprint density at radius 1 is 1.41 bits per heavy atom. The number of hydrogen-bond acceptors (Lipinski definition) is 3. The first-order valence-corrected chi connectivity index (χ1v) is 9.27. The zero-order chi connectivity index (χ0) is 15.5. The summed E-state index contributed by atoms with van der Waals surface area (Å²) in [6.45, 7) is 13.5. The zero-order valence-corrected chi connectivity index (χ0v) is 17.9. The fraction of sp³-hybridized carbons (Fsp3) is 0.938. The molecule has 2 rings (SSSR count). The lowest BCUT2D eigenvalue weighted by molar-refractivity contribution is 0.214. The Balaban J connectivity index is 0.00000242. The van der Waals surface area contributed by atoms with E-state index in [-0.39, 0.29) is 24.0 Å². The minimum Gasteiger partial charge on any atom is -0.355 e. The van der Waals surface area contributed by atoms with Crippen LogP contribution in [-0.2, 0) is 0 Å². The number of nitrogens with one attached hydrogen (secondary N) is 1. The number of halogens is 1. The van der Waals surface area contributed by atoms with Gasteiger partial charge in [-0.15, -0.1) is 24.0 Å². The highest BCUT2D eigenvalue weighted by atomic mass is 127. The predicted octanol–water partition coefficient (Wildman–Crippen LogP) is 2.88. The van der Waals surface area contributed by atoms with E-state index in [4.69, 9.17) is 0 Å². The summed E-state index contributed by atoms with van der Waals surface area (Å²) >= 11 is 2.06. The van der Waals surface area contributed by atoms with Crippen LogP contribution in [0.5, 0.6) is 0 Å². The van der Waals surface area contributed by atoms with Crippen molar-refractivity contribution in [2.45, 2.75) is 57.4 Å². The van der Waals surface area contributed by atoms with Crippen molar-refractivity contribution in [2.24, 2.45) is 4.99 Å². The van der Waals surface area contributed by atoms with E-state index in [1.54, 1.807) is 0 Å². The van der Waals surface area contributed by atoms with Crippen molar-refractivity contribution in [2.75, 3.05) is 39.0 Å². The minimum absolute atomic E-state index is 0. The van der Waals surface area contributed by atoms with E-state index >= 15 is 0 Å². The smallest absolute Gasteiger partial charge is 0.193 e. The quantitative estimate of drug-likeness (QED) is 0.405. The van der Waals surface area contributed by atoms with E-state index in [1.807, 2.05) is 7.05 Å². The molecule has 0 atom stereocenters. The molecular formula is C16H33IN4S. The molecular weight excluding hydrogens is 407 g/mol. The normalized spacial score (nSPS) is 22.0. The summed E-state index contributed by atoms with van der Waals surface area (Å²) < 4.78 is 0.327. The molecule has 1 N–H and O–H groups in total. The number of rotatable bonds is 5. The average Bonchev–Trinajstić information content (AvgIpc) is 3.21. The highest BCUT2D eigenvalue weighted by molar-refractivity contribution is 14.0. The maximum absolute atomic E-state index is 4.48. The molecule has 0 amide bonds. The summed E-state index contributed by atoms with van der Waals surface area (Å²) in [4.78, 5) is 9.51. The number of nitrogens with zero attached hydrogens (tertiary/aromatic N) is 3. The topological polar surface area (TPSA) is 30.9 Å². The minimum atomic E-state index is 0. The van der Waals surface area contributed by atoms with Crippen LogP contribution in [0.3, 0.4) is 0 Å².